The van der Waals surface area contributed by atoms with E-state index < -0.39 is 18.0 Å². The first kappa shape index (κ1) is 24.2. The van der Waals surface area contributed by atoms with E-state index in [1.165, 1.54) is 7.11 Å². The maximum Gasteiger partial charge on any atom is 0.412 e. The molecular weight excluding hydrogens is 402 g/mol. The molecule has 0 aromatic heterocycles. The molecular formula is C23H31NO7. The zero-order valence-corrected chi connectivity index (χ0v) is 18.4. The maximum atomic E-state index is 12.4. The standard InChI is InChI=1S/C23H31NO7/c1-4-5-6-10-13-24-23(28)31-21-16(11-8-7-9-12-18(25)26)20(29-3)15(2)17-14-30-22(27)19(17)21/h7-8H,4-6,9-14H2,1-3H3,(H,24,28)(H,25,26). The predicted molar refractivity (Wildman–Crippen MR) is 115 cm³/mol. The van der Waals surface area contributed by atoms with E-state index in [0.717, 1.165) is 31.2 Å². The van der Waals surface area contributed by atoms with E-state index >= 15 is 0 Å². The lowest BCUT2D eigenvalue weighted by Gasteiger charge is -2.18. The number of carbonyl (C=O) groups is 3. The van der Waals surface area contributed by atoms with Crippen LogP contribution in [0.3, 0.4) is 0 Å². The molecule has 8 nitrogen and oxygen atoms in total. The minimum atomic E-state index is -0.877. The van der Waals surface area contributed by atoms with Crippen molar-refractivity contribution in [3.63, 3.8) is 0 Å². The number of fused-ring (bicyclic) bond motifs is 1. The largest absolute Gasteiger partial charge is 0.496 e. The van der Waals surface area contributed by atoms with Gasteiger partial charge in [-0.1, -0.05) is 38.3 Å². The highest BCUT2D eigenvalue weighted by atomic mass is 16.6. The monoisotopic (exact) mass is 433 g/mol. The van der Waals surface area contributed by atoms with Crippen LogP contribution in [0.4, 0.5) is 4.79 Å². The first-order valence-electron chi connectivity index (χ1n) is 10.6. The molecule has 1 heterocycles. The van der Waals surface area contributed by atoms with Gasteiger partial charge in [-0.05, 0) is 31.7 Å². The lowest BCUT2D eigenvalue weighted by Crippen LogP contribution is -2.28. The minimum Gasteiger partial charge on any atom is -0.496 e. The van der Waals surface area contributed by atoms with E-state index in [0.29, 0.717) is 36.3 Å². The Morgan fingerprint density at radius 2 is 1.97 bits per heavy atom. The fourth-order valence-electron chi connectivity index (χ4n) is 3.52. The van der Waals surface area contributed by atoms with Gasteiger partial charge in [0.15, 0.2) is 5.75 Å². The Morgan fingerprint density at radius 1 is 1.19 bits per heavy atom. The summed E-state index contributed by atoms with van der Waals surface area (Å²) < 4.78 is 16.4. The van der Waals surface area contributed by atoms with E-state index in [1.54, 1.807) is 12.2 Å². The molecule has 1 aliphatic heterocycles. The molecule has 0 radical (unpaired) electrons. The van der Waals surface area contributed by atoms with Crippen molar-refractivity contribution in [1.82, 2.24) is 5.32 Å². The summed E-state index contributed by atoms with van der Waals surface area (Å²) in [7, 11) is 1.52. The van der Waals surface area contributed by atoms with Crippen LogP contribution in [-0.2, 0) is 22.6 Å². The summed E-state index contributed by atoms with van der Waals surface area (Å²) in [5.41, 5.74) is 2.19. The van der Waals surface area contributed by atoms with E-state index in [9.17, 15) is 14.4 Å². The van der Waals surface area contributed by atoms with Crippen molar-refractivity contribution in [2.24, 2.45) is 0 Å². The zero-order valence-electron chi connectivity index (χ0n) is 18.4. The number of benzene rings is 1. The molecule has 1 aromatic rings. The highest BCUT2D eigenvalue weighted by Gasteiger charge is 2.34. The van der Waals surface area contributed by atoms with Crippen molar-refractivity contribution < 1.29 is 33.7 Å². The van der Waals surface area contributed by atoms with Crippen LogP contribution in [0.1, 0.15) is 72.5 Å². The fraction of sp³-hybridized carbons (Fsp3) is 0.522. The third kappa shape index (κ3) is 6.47. The van der Waals surface area contributed by atoms with Crippen molar-refractivity contribution in [3.8, 4) is 11.5 Å². The van der Waals surface area contributed by atoms with Crippen LogP contribution in [0.25, 0.3) is 0 Å². The van der Waals surface area contributed by atoms with E-state index in [1.807, 2.05) is 6.92 Å². The number of methoxy groups -OCH3 is 1. The van der Waals surface area contributed by atoms with Gasteiger partial charge in [0.05, 0.1) is 7.11 Å². The third-order valence-corrected chi connectivity index (χ3v) is 5.13. The Labute approximate surface area is 182 Å². The summed E-state index contributed by atoms with van der Waals surface area (Å²) >= 11 is 0. The highest BCUT2D eigenvalue weighted by Crippen LogP contribution is 2.42. The molecule has 8 heteroatoms. The van der Waals surface area contributed by atoms with Crippen LogP contribution in [0.5, 0.6) is 11.5 Å². The van der Waals surface area contributed by atoms with Gasteiger partial charge < -0.3 is 24.6 Å². The van der Waals surface area contributed by atoms with Crippen molar-refractivity contribution in [1.29, 1.82) is 0 Å². The second-order valence-electron chi connectivity index (χ2n) is 7.38. The smallest absolute Gasteiger partial charge is 0.412 e. The van der Waals surface area contributed by atoms with Gasteiger partial charge in [-0.25, -0.2) is 9.59 Å². The van der Waals surface area contributed by atoms with Gasteiger partial charge in [0, 0.05) is 24.1 Å². The summed E-state index contributed by atoms with van der Waals surface area (Å²) in [6.07, 6.45) is 7.65. The molecule has 170 valence electrons. The van der Waals surface area contributed by atoms with E-state index in [-0.39, 0.29) is 24.3 Å². The average Bonchev–Trinajstić information content (AvgIpc) is 3.12. The first-order chi connectivity index (χ1) is 14.9. The number of carboxylic acid groups (broad SMARTS) is 1. The summed E-state index contributed by atoms with van der Waals surface area (Å²) in [6.45, 7) is 4.53. The highest BCUT2D eigenvalue weighted by molar-refractivity contribution is 5.99. The SMILES string of the molecule is CCCCCCNC(=O)Oc1c(CC=CCCC(=O)O)c(OC)c(C)c2c1C(=O)OC2. The predicted octanol–water partition coefficient (Wildman–Crippen LogP) is 4.31. The van der Waals surface area contributed by atoms with Crippen LogP contribution in [0, 0.1) is 6.92 Å². The van der Waals surface area contributed by atoms with Crippen LogP contribution >= 0.6 is 0 Å². The summed E-state index contributed by atoms with van der Waals surface area (Å²) in [5.74, 6) is -0.764. The summed E-state index contributed by atoms with van der Waals surface area (Å²) in [6, 6.07) is 0. The number of unbranched alkanes of at least 4 members (excludes halogenated alkanes) is 3. The number of cyclic esters (lactones) is 1. The molecule has 0 unspecified atom stereocenters. The van der Waals surface area contributed by atoms with Crippen LogP contribution in [-0.4, -0.2) is 36.8 Å². The number of allylic oxidation sites excluding steroid dienone is 2. The molecule has 0 bridgehead atoms. The van der Waals surface area contributed by atoms with Crippen molar-refractivity contribution >= 4 is 18.0 Å². The second kappa shape index (κ2) is 12.0. The zero-order chi connectivity index (χ0) is 22.8. The first-order valence-corrected chi connectivity index (χ1v) is 10.6. The summed E-state index contributed by atoms with van der Waals surface area (Å²) in [5, 5.41) is 11.5. The van der Waals surface area contributed by atoms with Crippen molar-refractivity contribution in [2.75, 3.05) is 13.7 Å². The molecule has 2 rings (SSSR count). The number of nitrogens with one attached hydrogen (secondary N) is 1. The molecule has 1 aromatic carbocycles. The van der Waals surface area contributed by atoms with E-state index in [2.05, 4.69) is 12.2 Å². The topological polar surface area (TPSA) is 111 Å². The Hall–Kier alpha value is -3.03. The lowest BCUT2D eigenvalue weighted by atomic mass is 9.95. The summed E-state index contributed by atoms with van der Waals surface area (Å²) in [4.78, 5) is 35.5. The molecule has 0 spiro atoms. The molecule has 1 amide bonds. The maximum absolute atomic E-state index is 12.4. The van der Waals surface area contributed by atoms with Gasteiger partial charge in [0.2, 0.25) is 0 Å². The quantitative estimate of drug-likeness (QED) is 0.287. The number of aliphatic carboxylic acids is 1. The Balaban J connectivity index is 2.28. The molecule has 0 aliphatic carbocycles. The van der Waals surface area contributed by atoms with Gasteiger partial charge in [0.25, 0.3) is 0 Å². The normalized spacial score (nSPS) is 12.5. The molecule has 2 N–H and O–H groups in total. The van der Waals surface area contributed by atoms with Crippen LogP contribution < -0.4 is 14.8 Å². The number of carboxylic acids is 1. The third-order valence-electron chi connectivity index (χ3n) is 5.13. The fourth-order valence-corrected chi connectivity index (χ4v) is 3.52. The number of hydrogen-bond acceptors (Lipinski definition) is 6. The Kier molecular flexibility index (Phi) is 9.37. The van der Waals surface area contributed by atoms with E-state index in [4.69, 9.17) is 19.3 Å². The van der Waals surface area contributed by atoms with Crippen molar-refractivity contribution in [3.05, 3.63) is 34.4 Å². The molecule has 0 saturated carbocycles. The lowest BCUT2D eigenvalue weighted by molar-refractivity contribution is -0.136. The van der Waals surface area contributed by atoms with Gasteiger partial charge >= 0.3 is 18.0 Å². The Bertz CT molecular complexity index is 845. The molecule has 0 fully saturated rings. The number of ether oxygens (including phenoxy) is 3. The minimum absolute atomic E-state index is 0.0208. The molecule has 31 heavy (non-hydrogen) atoms. The molecule has 0 saturated heterocycles. The van der Waals surface area contributed by atoms with Crippen LogP contribution in [0.2, 0.25) is 0 Å². The number of amides is 1. The number of rotatable bonds is 12. The van der Waals surface area contributed by atoms with Gasteiger partial charge in [-0.2, -0.15) is 0 Å². The van der Waals surface area contributed by atoms with Gasteiger partial charge in [-0.3, -0.25) is 4.79 Å². The Morgan fingerprint density at radius 3 is 2.65 bits per heavy atom. The average molecular weight is 434 g/mol. The number of esters is 1. The molecule has 1 aliphatic rings. The molecule has 0 atom stereocenters. The van der Waals surface area contributed by atoms with Crippen LogP contribution in [0.15, 0.2) is 12.2 Å². The number of hydrogen-bond donors (Lipinski definition) is 2. The van der Waals surface area contributed by atoms with Crippen molar-refractivity contribution in [2.45, 2.75) is 65.4 Å². The van der Waals surface area contributed by atoms with Gasteiger partial charge in [-0.15, -0.1) is 0 Å². The number of carbonyl (C=O) groups excluding carboxylic acids is 2. The van der Waals surface area contributed by atoms with Gasteiger partial charge in [0.1, 0.15) is 17.9 Å². The second-order valence-corrected chi connectivity index (χ2v) is 7.38.